The quantitative estimate of drug-likeness (QED) is 0.694. The number of nitrogens with one attached hydrogen (secondary N) is 1. The zero-order chi connectivity index (χ0) is 15.2. The third kappa shape index (κ3) is 4.31. The molecule has 0 saturated heterocycles. The monoisotopic (exact) mass is 411 g/mol. The Morgan fingerprint density at radius 3 is 2.67 bits per heavy atom. The minimum Gasteiger partial charge on any atom is -0.497 e. The number of benzene rings is 2. The Labute approximate surface area is 143 Å². The Balaban J connectivity index is 2.44. The average Bonchev–Trinajstić information content (AvgIpc) is 2.51. The lowest BCUT2D eigenvalue weighted by Crippen LogP contribution is -2.23. The van der Waals surface area contributed by atoms with Crippen molar-refractivity contribution in [3.63, 3.8) is 0 Å². The highest BCUT2D eigenvalue weighted by molar-refractivity contribution is 9.11. The summed E-state index contributed by atoms with van der Waals surface area (Å²) >= 11 is 7.22. The van der Waals surface area contributed by atoms with E-state index in [2.05, 4.69) is 68.4 Å². The number of hydrogen-bond acceptors (Lipinski definition) is 2. The number of halogens is 2. The van der Waals surface area contributed by atoms with Crippen LogP contribution < -0.4 is 10.1 Å². The zero-order valence-electron chi connectivity index (χ0n) is 12.2. The molecule has 2 rings (SSSR count). The molecule has 0 fully saturated rings. The lowest BCUT2D eigenvalue weighted by atomic mass is 9.98. The molecule has 0 aliphatic carbocycles. The van der Waals surface area contributed by atoms with Crippen molar-refractivity contribution in [3.8, 4) is 5.75 Å². The van der Waals surface area contributed by atoms with E-state index >= 15 is 0 Å². The van der Waals surface area contributed by atoms with E-state index < -0.39 is 0 Å². The van der Waals surface area contributed by atoms with E-state index in [4.69, 9.17) is 4.74 Å². The van der Waals surface area contributed by atoms with Gasteiger partial charge in [-0.15, -0.1) is 0 Å². The third-order valence-corrected chi connectivity index (χ3v) is 4.51. The maximum Gasteiger partial charge on any atom is 0.119 e. The Hall–Kier alpha value is -0.840. The second-order valence-corrected chi connectivity index (χ2v) is 6.60. The van der Waals surface area contributed by atoms with E-state index in [0.717, 1.165) is 27.7 Å². The fourth-order valence-electron chi connectivity index (χ4n) is 2.25. The van der Waals surface area contributed by atoms with Gasteiger partial charge in [0, 0.05) is 8.95 Å². The summed E-state index contributed by atoms with van der Waals surface area (Å²) in [4.78, 5) is 0. The van der Waals surface area contributed by atoms with E-state index in [0.29, 0.717) is 0 Å². The van der Waals surface area contributed by atoms with Gasteiger partial charge in [0.2, 0.25) is 0 Å². The number of ether oxygens (including phenoxy) is 1. The summed E-state index contributed by atoms with van der Waals surface area (Å²) in [5.74, 6) is 0.877. The third-order valence-electron chi connectivity index (χ3n) is 3.29. The molecule has 1 unspecified atom stereocenters. The van der Waals surface area contributed by atoms with Crippen LogP contribution in [-0.4, -0.2) is 13.7 Å². The molecular formula is C17H19Br2NO. The standard InChI is InChI=1S/C17H19Br2NO/c1-3-9-20-17(12-5-4-6-14(10-12)21-2)15-11-13(18)7-8-16(15)19/h4-8,10-11,17,20H,3,9H2,1-2H3. The van der Waals surface area contributed by atoms with Crippen molar-refractivity contribution in [1.82, 2.24) is 5.32 Å². The van der Waals surface area contributed by atoms with Gasteiger partial charge in [-0.05, 0) is 54.4 Å². The van der Waals surface area contributed by atoms with Crippen LogP contribution in [0, 0.1) is 0 Å². The maximum absolute atomic E-state index is 5.35. The maximum atomic E-state index is 5.35. The second kappa shape index (κ2) is 7.97. The largest absolute Gasteiger partial charge is 0.497 e. The molecular weight excluding hydrogens is 394 g/mol. The van der Waals surface area contributed by atoms with E-state index in [1.54, 1.807) is 7.11 Å². The second-order valence-electron chi connectivity index (χ2n) is 4.83. The van der Waals surface area contributed by atoms with Crippen molar-refractivity contribution >= 4 is 31.9 Å². The van der Waals surface area contributed by atoms with E-state index in [1.165, 1.54) is 11.1 Å². The van der Waals surface area contributed by atoms with Crippen molar-refractivity contribution in [2.75, 3.05) is 13.7 Å². The van der Waals surface area contributed by atoms with Gasteiger partial charge >= 0.3 is 0 Å². The Morgan fingerprint density at radius 2 is 1.95 bits per heavy atom. The van der Waals surface area contributed by atoms with Crippen LogP contribution in [0.3, 0.4) is 0 Å². The number of methoxy groups -OCH3 is 1. The first-order valence-electron chi connectivity index (χ1n) is 6.98. The van der Waals surface area contributed by atoms with Crippen LogP contribution in [0.1, 0.15) is 30.5 Å². The fourth-order valence-corrected chi connectivity index (χ4v) is 3.11. The van der Waals surface area contributed by atoms with Crippen LogP contribution in [0.2, 0.25) is 0 Å². The van der Waals surface area contributed by atoms with Crippen molar-refractivity contribution < 1.29 is 4.74 Å². The molecule has 0 aromatic heterocycles. The summed E-state index contributed by atoms with van der Waals surface area (Å²) in [7, 11) is 1.70. The van der Waals surface area contributed by atoms with Gasteiger partial charge in [0.25, 0.3) is 0 Å². The molecule has 0 saturated carbocycles. The molecule has 2 aromatic rings. The van der Waals surface area contributed by atoms with Gasteiger partial charge in [0.05, 0.1) is 13.2 Å². The van der Waals surface area contributed by atoms with Gasteiger partial charge in [-0.2, -0.15) is 0 Å². The summed E-state index contributed by atoms with van der Waals surface area (Å²) in [6, 6.07) is 14.6. The normalized spacial score (nSPS) is 12.2. The highest BCUT2D eigenvalue weighted by Gasteiger charge is 2.17. The fraction of sp³-hybridized carbons (Fsp3) is 0.294. The zero-order valence-corrected chi connectivity index (χ0v) is 15.4. The smallest absolute Gasteiger partial charge is 0.119 e. The van der Waals surface area contributed by atoms with E-state index in [-0.39, 0.29) is 6.04 Å². The molecule has 2 nitrogen and oxygen atoms in total. The van der Waals surface area contributed by atoms with Crippen LogP contribution in [-0.2, 0) is 0 Å². The highest BCUT2D eigenvalue weighted by Crippen LogP contribution is 2.32. The first-order chi connectivity index (χ1) is 10.2. The minimum absolute atomic E-state index is 0.131. The van der Waals surface area contributed by atoms with Gasteiger partial charge in [-0.25, -0.2) is 0 Å². The van der Waals surface area contributed by atoms with Crippen LogP contribution in [0.25, 0.3) is 0 Å². The van der Waals surface area contributed by atoms with Gasteiger partial charge in [-0.1, -0.05) is 50.9 Å². The SMILES string of the molecule is CCCNC(c1cccc(OC)c1)c1cc(Br)ccc1Br. The highest BCUT2D eigenvalue weighted by atomic mass is 79.9. The Morgan fingerprint density at radius 1 is 1.14 bits per heavy atom. The molecule has 0 bridgehead atoms. The lowest BCUT2D eigenvalue weighted by molar-refractivity contribution is 0.413. The first kappa shape index (κ1) is 16.5. The molecule has 0 spiro atoms. The van der Waals surface area contributed by atoms with Crippen LogP contribution in [0.4, 0.5) is 0 Å². The average molecular weight is 413 g/mol. The van der Waals surface area contributed by atoms with Crippen molar-refractivity contribution in [2.24, 2.45) is 0 Å². The Kier molecular flexibility index (Phi) is 6.27. The predicted molar refractivity (Wildman–Crippen MR) is 95.0 cm³/mol. The molecule has 0 radical (unpaired) electrons. The van der Waals surface area contributed by atoms with Crippen LogP contribution >= 0.6 is 31.9 Å². The van der Waals surface area contributed by atoms with Crippen LogP contribution in [0.15, 0.2) is 51.4 Å². The van der Waals surface area contributed by atoms with Crippen molar-refractivity contribution in [2.45, 2.75) is 19.4 Å². The van der Waals surface area contributed by atoms with Crippen molar-refractivity contribution in [1.29, 1.82) is 0 Å². The molecule has 112 valence electrons. The van der Waals surface area contributed by atoms with E-state index in [9.17, 15) is 0 Å². The lowest BCUT2D eigenvalue weighted by Gasteiger charge is -2.21. The molecule has 21 heavy (non-hydrogen) atoms. The molecule has 0 amide bonds. The predicted octanol–water partition coefficient (Wildman–Crippen LogP) is 5.31. The summed E-state index contributed by atoms with van der Waals surface area (Å²) in [6.45, 7) is 3.13. The molecule has 2 aromatic carbocycles. The van der Waals surface area contributed by atoms with Gasteiger partial charge < -0.3 is 10.1 Å². The van der Waals surface area contributed by atoms with Crippen molar-refractivity contribution in [3.05, 3.63) is 62.5 Å². The van der Waals surface area contributed by atoms with Gasteiger partial charge in [0.15, 0.2) is 0 Å². The topological polar surface area (TPSA) is 21.3 Å². The summed E-state index contributed by atoms with van der Waals surface area (Å²) in [5.41, 5.74) is 2.41. The molecule has 0 aliphatic rings. The molecule has 1 N–H and O–H groups in total. The minimum atomic E-state index is 0.131. The van der Waals surface area contributed by atoms with Crippen LogP contribution in [0.5, 0.6) is 5.75 Å². The summed E-state index contributed by atoms with van der Waals surface area (Å²) < 4.78 is 7.53. The molecule has 0 aliphatic heterocycles. The van der Waals surface area contributed by atoms with Gasteiger partial charge in [-0.3, -0.25) is 0 Å². The first-order valence-corrected chi connectivity index (χ1v) is 8.56. The molecule has 4 heteroatoms. The Bertz CT molecular complexity index is 601. The summed E-state index contributed by atoms with van der Waals surface area (Å²) in [5, 5.41) is 3.61. The molecule has 0 heterocycles. The van der Waals surface area contributed by atoms with E-state index in [1.807, 2.05) is 18.2 Å². The number of rotatable bonds is 6. The number of hydrogen-bond donors (Lipinski definition) is 1. The van der Waals surface area contributed by atoms with Gasteiger partial charge in [0.1, 0.15) is 5.75 Å². The molecule has 1 atom stereocenters. The summed E-state index contributed by atoms with van der Waals surface area (Å²) in [6.07, 6.45) is 1.09.